The molecule has 4 heteroatoms. The molecule has 1 N–H and O–H groups in total. The van der Waals surface area contributed by atoms with Crippen molar-refractivity contribution in [2.45, 2.75) is 46.0 Å². The number of aryl methyl sites for hydroxylation is 1. The van der Waals surface area contributed by atoms with Crippen molar-refractivity contribution in [2.75, 3.05) is 12.0 Å². The van der Waals surface area contributed by atoms with Crippen molar-refractivity contribution in [1.82, 2.24) is 15.1 Å². The molecule has 4 nitrogen and oxygen atoms in total. The summed E-state index contributed by atoms with van der Waals surface area (Å²) in [5, 5.41) is 8.37. The van der Waals surface area contributed by atoms with Gasteiger partial charge in [-0.3, -0.25) is 0 Å². The number of nitrogens with one attached hydrogen (secondary N) is 1. The molecule has 84 valence electrons. The summed E-state index contributed by atoms with van der Waals surface area (Å²) in [6.45, 7) is 5.44. The van der Waals surface area contributed by atoms with Gasteiger partial charge in [-0.2, -0.15) is 4.79 Å². The SMILES string of the molecule is CCC(C)CNn1nnc2c1CCCC2. The lowest BCUT2D eigenvalue weighted by Crippen LogP contribution is -2.24. The number of rotatable bonds is 4. The van der Waals surface area contributed by atoms with Crippen LogP contribution in [0.3, 0.4) is 0 Å². The maximum absolute atomic E-state index is 4.21. The van der Waals surface area contributed by atoms with Crippen LogP contribution in [0.1, 0.15) is 44.5 Å². The van der Waals surface area contributed by atoms with E-state index in [4.69, 9.17) is 0 Å². The fraction of sp³-hybridized carbons (Fsp3) is 0.818. The van der Waals surface area contributed by atoms with E-state index in [2.05, 4.69) is 29.6 Å². The van der Waals surface area contributed by atoms with E-state index >= 15 is 0 Å². The zero-order valence-electron chi connectivity index (χ0n) is 9.66. The van der Waals surface area contributed by atoms with Gasteiger partial charge in [-0.1, -0.05) is 20.3 Å². The fourth-order valence-electron chi connectivity index (χ4n) is 1.88. The predicted octanol–water partition coefficient (Wildman–Crippen LogP) is 1.75. The third kappa shape index (κ3) is 2.30. The molecule has 2 rings (SSSR count). The van der Waals surface area contributed by atoms with Crippen LogP contribution in [0.25, 0.3) is 0 Å². The normalized spacial score (nSPS) is 17.2. The molecule has 0 radical (unpaired) electrons. The molecule has 0 saturated heterocycles. The Kier molecular flexibility index (Phi) is 3.23. The van der Waals surface area contributed by atoms with Crippen LogP contribution in [0, 0.1) is 5.92 Å². The summed E-state index contributed by atoms with van der Waals surface area (Å²) in [5.74, 6) is 0.688. The molecule has 15 heavy (non-hydrogen) atoms. The quantitative estimate of drug-likeness (QED) is 0.819. The van der Waals surface area contributed by atoms with E-state index in [0.29, 0.717) is 5.92 Å². The molecule has 0 aliphatic heterocycles. The largest absolute Gasteiger partial charge is 0.308 e. The highest BCUT2D eigenvalue weighted by atomic mass is 15.6. The van der Waals surface area contributed by atoms with Gasteiger partial charge in [0.15, 0.2) is 0 Å². The summed E-state index contributed by atoms with van der Waals surface area (Å²) >= 11 is 0. The molecule has 0 bridgehead atoms. The highest BCUT2D eigenvalue weighted by molar-refractivity contribution is 5.14. The second-order valence-electron chi connectivity index (χ2n) is 4.48. The van der Waals surface area contributed by atoms with Crippen molar-refractivity contribution >= 4 is 0 Å². The van der Waals surface area contributed by atoms with Gasteiger partial charge in [0.2, 0.25) is 0 Å². The predicted molar refractivity (Wildman–Crippen MR) is 60.3 cm³/mol. The topological polar surface area (TPSA) is 42.7 Å². The Morgan fingerprint density at radius 2 is 2.20 bits per heavy atom. The molecule has 1 aliphatic carbocycles. The molecule has 1 unspecified atom stereocenters. The van der Waals surface area contributed by atoms with Gasteiger partial charge in [0.05, 0.1) is 11.4 Å². The van der Waals surface area contributed by atoms with E-state index in [1.165, 1.54) is 30.7 Å². The Morgan fingerprint density at radius 3 is 3.00 bits per heavy atom. The summed E-state index contributed by atoms with van der Waals surface area (Å²) < 4.78 is 0. The molecule has 0 saturated carbocycles. The molecule has 1 atom stereocenters. The second-order valence-corrected chi connectivity index (χ2v) is 4.48. The Hall–Kier alpha value is -1.06. The van der Waals surface area contributed by atoms with Gasteiger partial charge < -0.3 is 5.43 Å². The number of hydrogen-bond donors (Lipinski definition) is 1. The van der Waals surface area contributed by atoms with E-state index in [1.54, 1.807) is 0 Å². The molecule has 1 heterocycles. The lowest BCUT2D eigenvalue weighted by atomic mass is 10.0. The molecular formula is C11H20N4. The minimum atomic E-state index is 0.688. The van der Waals surface area contributed by atoms with Crippen molar-refractivity contribution in [3.8, 4) is 0 Å². The lowest BCUT2D eigenvalue weighted by Gasteiger charge is -2.15. The van der Waals surface area contributed by atoms with Crippen LogP contribution in [-0.2, 0) is 12.8 Å². The monoisotopic (exact) mass is 208 g/mol. The van der Waals surface area contributed by atoms with Crippen molar-refractivity contribution in [3.63, 3.8) is 0 Å². The summed E-state index contributed by atoms with van der Waals surface area (Å²) in [5.41, 5.74) is 5.83. The highest BCUT2D eigenvalue weighted by Crippen LogP contribution is 2.17. The molecular weight excluding hydrogens is 188 g/mol. The van der Waals surface area contributed by atoms with E-state index in [1.807, 2.05) is 4.79 Å². The van der Waals surface area contributed by atoms with Crippen molar-refractivity contribution in [3.05, 3.63) is 11.4 Å². The minimum Gasteiger partial charge on any atom is -0.308 e. The highest BCUT2D eigenvalue weighted by Gasteiger charge is 2.16. The Morgan fingerprint density at radius 1 is 1.40 bits per heavy atom. The summed E-state index contributed by atoms with van der Waals surface area (Å²) in [7, 11) is 0. The van der Waals surface area contributed by atoms with E-state index in [9.17, 15) is 0 Å². The van der Waals surface area contributed by atoms with Gasteiger partial charge in [0.1, 0.15) is 0 Å². The number of fused-ring (bicyclic) bond motifs is 1. The summed E-state index contributed by atoms with van der Waals surface area (Å²) in [4.78, 5) is 1.89. The smallest absolute Gasteiger partial charge is 0.0881 e. The van der Waals surface area contributed by atoms with Crippen LogP contribution in [0.4, 0.5) is 0 Å². The average molecular weight is 208 g/mol. The molecule has 0 amide bonds. The van der Waals surface area contributed by atoms with E-state index in [0.717, 1.165) is 19.4 Å². The summed E-state index contributed by atoms with van der Waals surface area (Å²) in [6, 6.07) is 0. The van der Waals surface area contributed by atoms with E-state index < -0.39 is 0 Å². The average Bonchev–Trinajstić information content (AvgIpc) is 2.69. The summed E-state index contributed by atoms with van der Waals surface area (Å²) in [6.07, 6.45) is 5.95. The Bertz CT molecular complexity index is 318. The Labute approximate surface area is 91.0 Å². The zero-order valence-corrected chi connectivity index (χ0v) is 9.66. The second kappa shape index (κ2) is 4.64. The van der Waals surface area contributed by atoms with E-state index in [-0.39, 0.29) is 0 Å². The molecule has 1 aromatic heterocycles. The Balaban J connectivity index is 1.99. The number of nitrogens with zero attached hydrogens (tertiary/aromatic N) is 3. The molecule has 1 aliphatic rings. The van der Waals surface area contributed by atoms with Crippen LogP contribution in [0.2, 0.25) is 0 Å². The first-order valence-electron chi connectivity index (χ1n) is 5.98. The fourth-order valence-corrected chi connectivity index (χ4v) is 1.88. The van der Waals surface area contributed by atoms with Gasteiger partial charge in [-0.15, -0.1) is 5.10 Å². The maximum Gasteiger partial charge on any atom is 0.0881 e. The van der Waals surface area contributed by atoms with Gasteiger partial charge in [-0.05, 0) is 36.8 Å². The van der Waals surface area contributed by atoms with Crippen molar-refractivity contribution < 1.29 is 0 Å². The first-order valence-corrected chi connectivity index (χ1v) is 5.98. The van der Waals surface area contributed by atoms with Crippen LogP contribution in [0.15, 0.2) is 0 Å². The minimum absolute atomic E-state index is 0.688. The number of aromatic nitrogens is 3. The maximum atomic E-state index is 4.21. The first-order chi connectivity index (χ1) is 7.31. The van der Waals surface area contributed by atoms with Crippen LogP contribution in [-0.4, -0.2) is 21.6 Å². The van der Waals surface area contributed by atoms with Gasteiger partial charge in [-0.25, -0.2) is 0 Å². The third-order valence-corrected chi connectivity index (χ3v) is 3.21. The third-order valence-electron chi connectivity index (χ3n) is 3.21. The first kappa shape index (κ1) is 10.5. The number of hydrogen-bond acceptors (Lipinski definition) is 3. The van der Waals surface area contributed by atoms with Crippen LogP contribution in [0.5, 0.6) is 0 Å². The van der Waals surface area contributed by atoms with Crippen molar-refractivity contribution in [1.29, 1.82) is 0 Å². The van der Waals surface area contributed by atoms with Crippen molar-refractivity contribution in [2.24, 2.45) is 5.92 Å². The zero-order chi connectivity index (χ0) is 10.7. The van der Waals surface area contributed by atoms with Gasteiger partial charge in [0, 0.05) is 6.54 Å². The lowest BCUT2D eigenvalue weighted by molar-refractivity contribution is 0.534. The molecule has 0 fully saturated rings. The van der Waals surface area contributed by atoms with Crippen LogP contribution >= 0.6 is 0 Å². The molecule has 0 aromatic carbocycles. The molecule has 1 aromatic rings. The van der Waals surface area contributed by atoms with Gasteiger partial charge in [0.25, 0.3) is 0 Å². The molecule has 0 spiro atoms. The van der Waals surface area contributed by atoms with Crippen LogP contribution < -0.4 is 5.43 Å². The standard InChI is InChI=1S/C11H20N4/c1-3-9(2)8-12-15-11-7-5-4-6-10(11)13-14-15/h9,12H,3-8H2,1-2H3. The van der Waals surface area contributed by atoms with Gasteiger partial charge >= 0.3 is 0 Å².